The lowest BCUT2D eigenvalue weighted by Crippen LogP contribution is -2.00. The fourth-order valence-electron chi connectivity index (χ4n) is 1.80. The first-order valence-electron chi connectivity index (χ1n) is 5.38. The van der Waals surface area contributed by atoms with Crippen LogP contribution in [0.3, 0.4) is 0 Å². The normalized spacial score (nSPS) is 10.9. The Kier molecular flexibility index (Phi) is 5.06. The molecular formula is C13H7Cl5FN. The molecule has 2 aromatic rings. The summed E-state index contributed by atoms with van der Waals surface area (Å²) < 4.78 is 13.5. The highest BCUT2D eigenvalue weighted by atomic mass is 35.5. The molecule has 0 fully saturated rings. The van der Waals surface area contributed by atoms with Crippen LogP contribution >= 0.6 is 58.0 Å². The number of rotatable bonds is 2. The Labute approximate surface area is 140 Å². The van der Waals surface area contributed by atoms with Gasteiger partial charge in [0.05, 0.1) is 25.1 Å². The highest BCUT2D eigenvalue weighted by Gasteiger charge is 2.22. The third kappa shape index (κ3) is 2.74. The molecular weight excluding hydrogens is 366 g/mol. The molecule has 20 heavy (non-hydrogen) atoms. The Morgan fingerprint density at radius 3 is 1.85 bits per heavy atom. The van der Waals surface area contributed by atoms with Gasteiger partial charge in [0.15, 0.2) is 0 Å². The van der Waals surface area contributed by atoms with Gasteiger partial charge in [0, 0.05) is 12.1 Å². The third-order valence-corrected chi connectivity index (χ3v) is 5.05. The minimum Gasteiger partial charge on any atom is -0.326 e. The summed E-state index contributed by atoms with van der Waals surface area (Å²) in [5.74, 6) is -0.452. The van der Waals surface area contributed by atoms with E-state index >= 15 is 0 Å². The van der Waals surface area contributed by atoms with Crippen LogP contribution in [0.25, 0.3) is 11.1 Å². The molecule has 0 saturated heterocycles. The van der Waals surface area contributed by atoms with E-state index in [-0.39, 0.29) is 31.7 Å². The molecule has 0 unspecified atom stereocenters. The first kappa shape index (κ1) is 16.2. The molecule has 0 atom stereocenters. The molecule has 0 bridgehead atoms. The van der Waals surface area contributed by atoms with Crippen LogP contribution in [0.5, 0.6) is 0 Å². The molecule has 2 aromatic carbocycles. The van der Waals surface area contributed by atoms with Gasteiger partial charge >= 0.3 is 0 Å². The van der Waals surface area contributed by atoms with E-state index in [1.54, 1.807) is 6.07 Å². The van der Waals surface area contributed by atoms with Gasteiger partial charge in [-0.05, 0) is 23.3 Å². The quantitative estimate of drug-likeness (QED) is 0.491. The fraction of sp³-hybridized carbons (Fsp3) is 0.0769. The van der Waals surface area contributed by atoms with Crippen molar-refractivity contribution in [2.45, 2.75) is 6.54 Å². The highest BCUT2D eigenvalue weighted by Crippen LogP contribution is 2.48. The maximum Gasteiger partial charge on any atom is 0.123 e. The molecule has 0 heterocycles. The Bertz CT molecular complexity index is 658. The molecule has 106 valence electrons. The third-order valence-electron chi connectivity index (χ3n) is 2.77. The van der Waals surface area contributed by atoms with E-state index < -0.39 is 5.82 Å². The van der Waals surface area contributed by atoms with E-state index in [9.17, 15) is 4.39 Å². The average Bonchev–Trinajstić information content (AvgIpc) is 2.43. The Balaban J connectivity index is 2.86. The maximum absolute atomic E-state index is 13.5. The van der Waals surface area contributed by atoms with Crippen molar-refractivity contribution in [1.82, 2.24) is 0 Å². The zero-order valence-corrected chi connectivity index (χ0v) is 13.6. The maximum atomic E-state index is 13.5. The molecule has 2 rings (SSSR count). The summed E-state index contributed by atoms with van der Waals surface area (Å²) in [6.45, 7) is 0.181. The summed E-state index contributed by atoms with van der Waals surface area (Å²) in [6.07, 6.45) is 0. The standard InChI is InChI=1S/C13H7Cl5FN/c14-9-8(10(15)12(17)13(18)11(9)16)7-3-6(19)2-1-5(7)4-20/h1-3H,4,20H2. The summed E-state index contributed by atoms with van der Waals surface area (Å²) in [7, 11) is 0. The second-order valence-electron chi connectivity index (χ2n) is 3.95. The summed E-state index contributed by atoms with van der Waals surface area (Å²) in [6, 6.07) is 4.12. The first-order chi connectivity index (χ1) is 9.38. The van der Waals surface area contributed by atoms with Crippen molar-refractivity contribution in [3.63, 3.8) is 0 Å². The highest BCUT2D eigenvalue weighted by molar-refractivity contribution is 6.56. The van der Waals surface area contributed by atoms with Gasteiger partial charge in [-0.2, -0.15) is 0 Å². The number of halogens is 6. The van der Waals surface area contributed by atoms with Crippen LogP contribution in [0, 0.1) is 5.82 Å². The smallest absolute Gasteiger partial charge is 0.123 e. The van der Waals surface area contributed by atoms with Crippen LogP contribution in [0.15, 0.2) is 18.2 Å². The Morgan fingerprint density at radius 2 is 1.35 bits per heavy atom. The van der Waals surface area contributed by atoms with E-state index in [2.05, 4.69) is 0 Å². The Hall–Kier alpha value is -0.220. The monoisotopic (exact) mass is 371 g/mol. The number of hydrogen-bond acceptors (Lipinski definition) is 1. The van der Waals surface area contributed by atoms with E-state index in [4.69, 9.17) is 63.7 Å². The second kappa shape index (κ2) is 6.27. The zero-order chi connectivity index (χ0) is 15.0. The van der Waals surface area contributed by atoms with Crippen molar-refractivity contribution in [3.05, 3.63) is 54.7 Å². The molecule has 0 saturated carbocycles. The topological polar surface area (TPSA) is 26.0 Å². The SMILES string of the molecule is NCc1ccc(F)cc1-c1c(Cl)c(Cl)c(Cl)c(Cl)c1Cl. The van der Waals surface area contributed by atoms with Crippen LogP contribution in [0.1, 0.15) is 5.56 Å². The molecule has 0 aliphatic rings. The molecule has 0 aliphatic heterocycles. The van der Waals surface area contributed by atoms with Crippen molar-refractivity contribution in [3.8, 4) is 11.1 Å². The molecule has 0 spiro atoms. The van der Waals surface area contributed by atoms with Gasteiger partial charge in [-0.1, -0.05) is 64.1 Å². The van der Waals surface area contributed by atoms with E-state index in [1.165, 1.54) is 12.1 Å². The van der Waals surface area contributed by atoms with E-state index in [0.717, 1.165) is 0 Å². The van der Waals surface area contributed by atoms with Crippen molar-refractivity contribution < 1.29 is 4.39 Å². The fourth-order valence-corrected chi connectivity index (χ4v) is 3.14. The van der Waals surface area contributed by atoms with E-state index in [0.29, 0.717) is 16.7 Å². The summed E-state index contributed by atoms with van der Waals surface area (Å²) in [5.41, 5.74) is 7.05. The molecule has 2 N–H and O–H groups in total. The molecule has 0 amide bonds. The van der Waals surface area contributed by atoms with Crippen LogP contribution in [-0.4, -0.2) is 0 Å². The lowest BCUT2D eigenvalue weighted by molar-refractivity contribution is 0.627. The van der Waals surface area contributed by atoms with Gasteiger partial charge in [0.25, 0.3) is 0 Å². The molecule has 0 aromatic heterocycles. The van der Waals surface area contributed by atoms with Gasteiger partial charge < -0.3 is 5.73 Å². The summed E-state index contributed by atoms with van der Waals surface area (Å²) >= 11 is 30.3. The molecule has 0 radical (unpaired) electrons. The van der Waals surface area contributed by atoms with Crippen molar-refractivity contribution >= 4 is 58.0 Å². The Morgan fingerprint density at radius 1 is 0.850 bits per heavy atom. The molecule has 7 heteroatoms. The van der Waals surface area contributed by atoms with Crippen molar-refractivity contribution in [2.75, 3.05) is 0 Å². The number of nitrogens with two attached hydrogens (primary N) is 1. The predicted octanol–water partition coefficient (Wildman–Crippen LogP) is 6.22. The minimum absolute atomic E-state index is 0.0535. The molecule has 1 nitrogen and oxygen atoms in total. The predicted molar refractivity (Wildman–Crippen MR) is 84.8 cm³/mol. The largest absolute Gasteiger partial charge is 0.326 e. The van der Waals surface area contributed by atoms with Crippen LogP contribution in [0.4, 0.5) is 4.39 Å². The number of hydrogen-bond donors (Lipinski definition) is 1. The summed E-state index contributed by atoms with van der Waals surface area (Å²) in [4.78, 5) is 0. The average molecular weight is 373 g/mol. The number of benzene rings is 2. The zero-order valence-electron chi connectivity index (χ0n) is 9.78. The van der Waals surface area contributed by atoms with Gasteiger partial charge in [0.1, 0.15) is 5.82 Å². The van der Waals surface area contributed by atoms with Gasteiger partial charge in [-0.15, -0.1) is 0 Å². The minimum atomic E-state index is -0.452. The second-order valence-corrected chi connectivity index (χ2v) is 5.84. The van der Waals surface area contributed by atoms with Crippen molar-refractivity contribution in [2.24, 2.45) is 5.73 Å². The van der Waals surface area contributed by atoms with E-state index in [1.807, 2.05) is 0 Å². The van der Waals surface area contributed by atoms with Gasteiger partial charge in [-0.25, -0.2) is 4.39 Å². The van der Waals surface area contributed by atoms with Gasteiger partial charge in [-0.3, -0.25) is 0 Å². The first-order valence-corrected chi connectivity index (χ1v) is 7.27. The van der Waals surface area contributed by atoms with Gasteiger partial charge in [0.2, 0.25) is 0 Å². The lowest BCUT2D eigenvalue weighted by Gasteiger charge is -2.15. The lowest BCUT2D eigenvalue weighted by atomic mass is 9.99. The van der Waals surface area contributed by atoms with Crippen LogP contribution in [-0.2, 0) is 6.54 Å². The van der Waals surface area contributed by atoms with Crippen molar-refractivity contribution in [1.29, 1.82) is 0 Å². The summed E-state index contributed by atoms with van der Waals surface area (Å²) in [5, 5.41) is 0.380. The van der Waals surface area contributed by atoms with Crippen LogP contribution in [0.2, 0.25) is 25.1 Å². The molecule has 0 aliphatic carbocycles. The van der Waals surface area contributed by atoms with Crippen LogP contribution < -0.4 is 5.73 Å².